The molecule has 5 nitrogen and oxygen atoms in total. The molecule has 1 aliphatic heterocycles. The van der Waals surface area contributed by atoms with Crippen LogP contribution in [-0.4, -0.2) is 26.1 Å². The fraction of sp³-hybridized carbons (Fsp3) is 0.348. The van der Waals surface area contributed by atoms with E-state index in [0.717, 1.165) is 35.8 Å². The third-order valence-electron chi connectivity index (χ3n) is 5.32. The molecule has 28 heavy (non-hydrogen) atoms. The first kappa shape index (κ1) is 18.4. The van der Waals surface area contributed by atoms with Gasteiger partial charge in [0.05, 0.1) is 12.6 Å². The van der Waals surface area contributed by atoms with Crippen molar-refractivity contribution in [2.75, 3.05) is 25.0 Å². The number of aliphatic imine (C=N–C) groups is 1. The van der Waals surface area contributed by atoms with Gasteiger partial charge in [-0.25, -0.2) is 0 Å². The van der Waals surface area contributed by atoms with E-state index in [1.807, 2.05) is 18.2 Å². The van der Waals surface area contributed by atoms with Crippen LogP contribution in [0, 0.1) is 0 Å². The maximum atomic E-state index is 5.87. The Morgan fingerprint density at radius 2 is 1.93 bits per heavy atom. The standard InChI is InChI=1S/C23H28N4O/c1-17(18-9-7-10-20(14-18)27-12-5-6-13-27)26-23(24-2)25-16-21-15-19-8-3-4-11-22(19)28-21/h3-4,7-11,14-15,17H,5-6,12-13,16H2,1-2H3,(H2,24,25,26). The zero-order chi connectivity index (χ0) is 19.3. The molecule has 0 aliphatic carbocycles. The minimum absolute atomic E-state index is 0.157. The highest BCUT2D eigenvalue weighted by molar-refractivity contribution is 5.81. The van der Waals surface area contributed by atoms with Gasteiger partial charge in [0.15, 0.2) is 5.96 Å². The first-order chi connectivity index (χ1) is 13.7. The predicted octanol–water partition coefficient (Wildman–Crippen LogP) is 4.46. The maximum absolute atomic E-state index is 5.87. The topological polar surface area (TPSA) is 52.8 Å². The maximum Gasteiger partial charge on any atom is 0.191 e. The lowest BCUT2D eigenvalue weighted by Crippen LogP contribution is -2.38. The van der Waals surface area contributed by atoms with Crippen LogP contribution in [0.2, 0.25) is 0 Å². The lowest BCUT2D eigenvalue weighted by Gasteiger charge is -2.22. The molecule has 0 radical (unpaired) electrons. The fourth-order valence-electron chi connectivity index (χ4n) is 3.74. The van der Waals surface area contributed by atoms with Crippen molar-refractivity contribution in [1.29, 1.82) is 0 Å². The van der Waals surface area contributed by atoms with E-state index in [1.54, 1.807) is 7.05 Å². The molecule has 3 aromatic rings. The van der Waals surface area contributed by atoms with E-state index in [9.17, 15) is 0 Å². The van der Waals surface area contributed by atoms with Crippen LogP contribution in [0.15, 0.2) is 64.0 Å². The second-order valence-corrected chi connectivity index (χ2v) is 7.33. The molecule has 0 saturated carbocycles. The third-order valence-corrected chi connectivity index (χ3v) is 5.32. The van der Waals surface area contributed by atoms with Gasteiger partial charge < -0.3 is 20.0 Å². The minimum atomic E-state index is 0.157. The van der Waals surface area contributed by atoms with Crippen LogP contribution in [0.25, 0.3) is 11.0 Å². The molecular formula is C23H28N4O. The third kappa shape index (κ3) is 4.14. The first-order valence-corrected chi connectivity index (χ1v) is 10.0. The number of benzene rings is 2. The summed E-state index contributed by atoms with van der Waals surface area (Å²) in [5.41, 5.74) is 3.49. The Labute approximate surface area is 166 Å². The first-order valence-electron chi connectivity index (χ1n) is 10.0. The molecule has 0 bridgehead atoms. The Balaban J connectivity index is 1.38. The van der Waals surface area contributed by atoms with Crippen molar-refractivity contribution >= 4 is 22.6 Å². The number of guanidine groups is 1. The van der Waals surface area contributed by atoms with Gasteiger partial charge in [0, 0.05) is 31.2 Å². The number of nitrogens with zero attached hydrogens (tertiary/aromatic N) is 2. The predicted molar refractivity (Wildman–Crippen MR) is 116 cm³/mol. The second kappa shape index (κ2) is 8.38. The largest absolute Gasteiger partial charge is 0.459 e. The van der Waals surface area contributed by atoms with E-state index in [-0.39, 0.29) is 6.04 Å². The van der Waals surface area contributed by atoms with Gasteiger partial charge in [-0.3, -0.25) is 4.99 Å². The zero-order valence-electron chi connectivity index (χ0n) is 16.6. The monoisotopic (exact) mass is 376 g/mol. The van der Waals surface area contributed by atoms with E-state index in [2.05, 4.69) is 63.8 Å². The minimum Gasteiger partial charge on any atom is -0.459 e. The quantitative estimate of drug-likeness (QED) is 0.510. The smallest absolute Gasteiger partial charge is 0.191 e. The van der Waals surface area contributed by atoms with Gasteiger partial charge in [-0.05, 0) is 49.6 Å². The molecule has 2 aromatic carbocycles. The zero-order valence-corrected chi connectivity index (χ0v) is 16.6. The average Bonchev–Trinajstić information content (AvgIpc) is 3.40. The van der Waals surface area contributed by atoms with E-state index in [4.69, 9.17) is 4.42 Å². The van der Waals surface area contributed by atoms with Crippen molar-refractivity contribution in [3.63, 3.8) is 0 Å². The van der Waals surface area contributed by atoms with E-state index >= 15 is 0 Å². The molecule has 1 unspecified atom stereocenters. The van der Waals surface area contributed by atoms with Gasteiger partial charge >= 0.3 is 0 Å². The molecule has 5 heteroatoms. The Bertz CT molecular complexity index is 923. The van der Waals surface area contributed by atoms with Crippen LogP contribution in [-0.2, 0) is 6.54 Å². The lowest BCUT2D eigenvalue weighted by molar-refractivity contribution is 0.536. The molecule has 146 valence electrons. The molecule has 1 aliphatic rings. The van der Waals surface area contributed by atoms with Crippen molar-refractivity contribution in [1.82, 2.24) is 10.6 Å². The highest BCUT2D eigenvalue weighted by atomic mass is 16.3. The number of hydrogen-bond donors (Lipinski definition) is 2. The summed E-state index contributed by atoms with van der Waals surface area (Å²) in [7, 11) is 1.79. The molecule has 1 saturated heterocycles. The van der Waals surface area contributed by atoms with Crippen molar-refractivity contribution in [2.24, 2.45) is 4.99 Å². The molecule has 2 heterocycles. The highest BCUT2D eigenvalue weighted by Gasteiger charge is 2.14. The molecule has 0 spiro atoms. The SMILES string of the molecule is CN=C(NCc1cc2ccccc2o1)NC(C)c1cccc(N2CCCC2)c1. The van der Waals surface area contributed by atoms with E-state index in [0.29, 0.717) is 6.54 Å². The van der Waals surface area contributed by atoms with Crippen molar-refractivity contribution < 1.29 is 4.42 Å². The Morgan fingerprint density at radius 3 is 2.71 bits per heavy atom. The summed E-state index contributed by atoms with van der Waals surface area (Å²) >= 11 is 0. The van der Waals surface area contributed by atoms with Gasteiger partial charge in [0.1, 0.15) is 11.3 Å². The molecular weight excluding hydrogens is 348 g/mol. The molecule has 1 aromatic heterocycles. The second-order valence-electron chi connectivity index (χ2n) is 7.33. The van der Waals surface area contributed by atoms with Crippen LogP contribution >= 0.6 is 0 Å². The van der Waals surface area contributed by atoms with Crippen LogP contribution in [0.4, 0.5) is 5.69 Å². The van der Waals surface area contributed by atoms with Crippen LogP contribution < -0.4 is 15.5 Å². The summed E-state index contributed by atoms with van der Waals surface area (Å²) in [6, 6.07) is 19.1. The van der Waals surface area contributed by atoms with Crippen LogP contribution in [0.5, 0.6) is 0 Å². The Hall–Kier alpha value is -2.95. The average molecular weight is 377 g/mol. The fourth-order valence-corrected chi connectivity index (χ4v) is 3.74. The number of nitrogens with one attached hydrogen (secondary N) is 2. The summed E-state index contributed by atoms with van der Waals surface area (Å²) in [5, 5.41) is 7.95. The molecule has 1 atom stereocenters. The van der Waals surface area contributed by atoms with Gasteiger partial charge in [-0.2, -0.15) is 0 Å². The molecule has 0 amide bonds. The summed E-state index contributed by atoms with van der Waals surface area (Å²) in [5.74, 6) is 1.66. The van der Waals surface area contributed by atoms with E-state index in [1.165, 1.54) is 24.1 Å². The summed E-state index contributed by atoms with van der Waals surface area (Å²) in [4.78, 5) is 6.83. The summed E-state index contributed by atoms with van der Waals surface area (Å²) in [6.07, 6.45) is 2.58. The van der Waals surface area contributed by atoms with Crippen molar-refractivity contribution in [3.05, 3.63) is 65.9 Å². The van der Waals surface area contributed by atoms with Crippen molar-refractivity contribution in [2.45, 2.75) is 32.4 Å². The lowest BCUT2D eigenvalue weighted by atomic mass is 10.1. The van der Waals surface area contributed by atoms with Gasteiger partial charge in [0.25, 0.3) is 0 Å². The van der Waals surface area contributed by atoms with Gasteiger partial charge in [0.2, 0.25) is 0 Å². The van der Waals surface area contributed by atoms with Crippen LogP contribution in [0.1, 0.15) is 37.1 Å². The molecule has 1 fully saturated rings. The number of hydrogen-bond acceptors (Lipinski definition) is 3. The Morgan fingerprint density at radius 1 is 1.11 bits per heavy atom. The number of fused-ring (bicyclic) bond motifs is 1. The summed E-state index contributed by atoms with van der Waals surface area (Å²) < 4.78 is 5.87. The molecule has 4 rings (SSSR count). The number of para-hydroxylation sites is 1. The highest BCUT2D eigenvalue weighted by Crippen LogP contribution is 2.24. The van der Waals surface area contributed by atoms with Gasteiger partial charge in [-0.15, -0.1) is 0 Å². The van der Waals surface area contributed by atoms with Crippen molar-refractivity contribution in [3.8, 4) is 0 Å². The Kier molecular flexibility index (Phi) is 5.51. The number of anilines is 1. The summed E-state index contributed by atoms with van der Waals surface area (Å²) in [6.45, 7) is 5.07. The number of rotatable bonds is 5. The van der Waals surface area contributed by atoms with Crippen LogP contribution in [0.3, 0.4) is 0 Å². The van der Waals surface area contributed by atoms with Gasteiger partial charge in [-0.1, -0.05) is 30.3 Å². The molecule has 2 N–H and O–H groups in total. The number of furan rings is 1. The normalized spacial score (nSPS) is 15.8. The van der Waals surface area contributed by atoms with E-state index < -0.39 is 0 Å².